The zero-order valence-corrected chi connectivity index (χ0v) is 26.3. The predicted molar refractivity (Wildman–Crippen MR) is 202 cm³/mol. The molecule has 48 heavy (non-hydrogen) atoms. The molecule has 2 heteroatoms. The molecule has 0 aliphatic rings. The summed E-state index contributed by atoms with van der Waals surface area (Å²) < 4.78 is 6.31. The molecule has 0 saturated carbocycles. The predicted octanol–water partition coefficient (Wildman–Crippen LogP) is 13.2. The second-order valence-electron chi connectivity index (χ2n) is 12.2. The number of para-hydroxylation sites is 1. The SMILES string of the molecule is c1ccc(-c2ccc(N(c3ccc(-c4cccc(-c5ccc6ccccc6c5)c4)cc3)c3ccc4c(c3)oc3ccccc34)cc2)cc1. The van der Waals surface area contributed by atoms with Gasteiger partial charge in [0.05, 0.1) is 0 Å². The molecule has 226 valence electrons. The molecule has 9 aromatic rings. The summed E-state index contributed by atoms with van der Waals surface area (Å²) in [6, 6.07) is 67.0. The van der Waals surface area contributed by atoms with Gasteiger partial charge in [-0.1, -0.05) is 127 Å². The maximum Gasteiger partial charge on any atom is 0.137 e. The molecule has 0 fully saturated rings. The molecule has 1 aromatic heterocycles. The molecule has 0 spiro atoms. The highest BCUT2D eigenvalue weighted by Gasteiger charge is 2.16. The largest absolute Gasteiger partial charge is 0.456 e. The van der Waals surface area contributed by atoms with E-state index in [-0.39, 0.29) is 0 Å². The van der Waals surface area contributed by atoms with Gasteiger partial charge in [-0.25, -0.2) is 0 Å². The van der Waals surface area contributed by atoms with Crippen molar-refractivity contribution in [1.82, 2.24) is 0 Å². The van der Waals surface area contributed by atoms with Crippen LogP contribution in [0.1, 0.15) is 0 Å². The van der Waals surface area contributed by atoms with Gasteiger partial charge in [-0.15, -0.1) is 0 Å². The molecule has 0 unspecified atom stereocenters. The van der Waals surface area contributed by atoms with Crippen LogP contribution in [0.4, 0.5) is 17.1 Å². The Morgan fingerprint density at radius 1 is 0.292 bits per heavy atom. The number of rotatable bonds is 6. The normalized spacial score (nSPS) is 11.3. The van der Waals surface area contributed by atoms with E-state index in [4.69, 9.17) is 4.42 Å². The molecule has 8 aromatic carbocycles. The molecule has 0 N–H and O–H groups in total. The number of hydrogen-bond acceptors (Lipinski definition) is 2. The monoisotopic (exact) mass is 613 g/mol. The lowest BCUT2D eigenvalue weighted by molar-refractivity contribution is 0.669. The molecule has 0 amide bonds. The minimum atomic E-state index is 0.877. The van der Waals surface area contributed by atoms with Gasteiger partial charge in [0.25, 0.3) is 0 Å². The van der Waals surface area contributed by atoms with Crippen molar-refractivity contribution in [1.29, 1.82) is 0 Å². The van der Waals surface area contributed by atoms with Gasteiger partial charge in [-0.05, 0) is 98.8 Å². The number of anilines is 3. The van der Waals surface area contributed by atoms with Crippen molar-refractivity contribution in [3.05, 3.63) is 188 Å². The summed E-state index contributed by atoms with van der Waals surface area (Å²) in [7, 11) is 0. The second kappa shape index (κ2) is 11.8. The van der Waals surface area contributed by atoms with Gasteiger partial charge >= 0.3 is 0 Å². The summed E-state index contributed by atoms with van der Waals surface area (Å²) in [5, 5.41) is 4.76. The first-order valence-electron chi connectivity index (χ1n) is 16.3. The Bertz CT molecular complexity index is 2540. The Morgan fingerprint density at radius 2 is 0.812 bits per heavy atom. The third kappa shape index (κ3) is 5.10. The van der Waals surface area contributed by atoms with E-state index in [1.54, 1.807) is 0 Å². The number of furan rings is 1. The number of hydrogen-bond donors (Lipinski definition) is 0. The van der Waals surface area contributed by atoms with Gasteiger partial charge < -0.3 is 9.32 Å². The Morgan fingerprint density at radius 3 is 1.58 bits per heavy atom. The van der Waals surface area contributed by atoms with E-state index in [0.717, 1.165) is 39.0 Å². The van der Waals surface area contributed by atoms with Crippen LogP contribution in [0, 0.1) is 0 Å². The summed E-state index contributed by atoms with van der Waals surface area (Å²) >= 11 is 0. The van der Waals surface area contributed by atoms with Crippen molar-refractivity contribution in [3.8, 4) is 33.4 Å². The van der Waals surface area contributed by atoms with E-state index < -0.39 is 0 Å². The van der Waals surface area contributed by atoms with Crippen molar-refractivity contribution in [2.24, 2.45) is 0 Å². The summed E-state index contributed by atoms with van der Waals surface area (Å²) in [5.41, 5.74) is 12.2. The third-order valence-corrected chi connectivity index (χ3v) is 9.26. The molecule has 0 aliphatic carbocycles. The average Bonchev–Trinajstić information content (AvgIpc) is 3.54. The van der Waals surface area contributed by atoms with E-state index in [9.17, 15) is 0 Å². The molecule has 9 rings (SSSR count). The van der Waals surface area contributed by atoms with E-state index in [1.807, 2.05) is 12.1 Å². The van der Waals surface area contributed by atoms with E-state index in [2.05, 4.69) is 181 Å². The Labute approximate surface area is 279 Å². The molecular formula is C46H31NO. The van der Waals surface area contributed by atoms with E-state index in [0.29, 0.717) is 0 Å². The van der Waals surface area contributed by atoms with Crippen LogP contribution in [-0.2, 0) is 0 Å². The lowest BCUT2D eigenvalue weighted by atomic mass is 9.97. The molecule has 0 radical (unpaired) electrons. The smallest absolute Gasteiger partial charge is 0.137 e. The maximum absolute atomic E-state index is 6.31. The zero-order valence-electron chi connectivity index (χ0n) is 26.3. The van der Waals surface area contributed by atoms with Crippen LogP contribution in [0.25, 0.3) is 66.1 Å². The molecule has 0 aliphatic heterocycles. The summed E-state index contributed by atoms with van der Waals surface area (Å²) in [4.78, 5) is 2.30. The van der Waals surface area contributed by atoms with Crippen LogP contribution in [0.15, 0.2) is 192 Å². The Hall–Kier alpha value is -6.38. The molecular weight excluding hydrogens is 583 g/mol. The van der Waals surface area contributed by atoms with Gasteiger partial charge in [-0.3, -0.25) is 0 Å². The first kappa shape index (κ1) is 27.9. The molecule has 0 saturated heterocycles. The van der Waals surface area contributed by atoms with Gasteiger partial charge in [-0.2, -0.15) is 0 Å². The molecule has 2 nitrogen and oxygen atoms in total. The second-order valence-corrected chi connectivity index (χ2v) is 12.2. The topological polar surface area (TPSA) is 16.4 Å². The zero-order chi connectivity index (χ0) is 31.9. The van der Waals surface area contributed by atoms with Crippen LogP contribution < -0.4 is 4.90 Å². The standard InChI is InChI=1S/C46H31NO/c1-2-9-32(10-3-1)34-19-23-40(24-20-34)47(42-27-28-44-43-15-6-7-16-45(43)48-46(44)31-42)41-25-21-35(22-26-41)37-13-8-14-38(29-37)39-18-17-33-11-4-5-12-36(33)30-39/h1-31H. The van der Waals surface area contributed by atoms with Gasteiger partial charge in [0.15, 0.2) is 0 Å². The van der Waals surface area contributed by atoms with Crippen LogP contribution >= 0.6 is 0 Å². The van der Waals surface area contributed by atoms with E-state index >= 15 is 0 Å². The molecule has 1 heterocycles. The number of fused-ring (bicyclic) bond motifs is 4. The van der Waals surface area contributed by atoms with Crippen LogP contribution in [0.5, 0.6) is 0 Å². The Balaban J connectivity index is 1.10. The van der Waals surface area contributed by atoms with Gasteiger partial charge in [0.2, 0.25) is 0 Å². The highest BCUT2D eigenvalue weighted by molar-refractivity contribution is 6.06. The third-order valence-electron chi connectivity index (χ3n) is 9.26. The van der Waals surface area contributed by atoms with Crippen molar-refractivity contribution in [2.75, 3.05) is 4.90 Å². The minimum Gasteiger partial charge on any atom is -0.456 e. The van der Waals surface area contributed by atoms with Gasteiger partial charge in [0, 0.05) is 33.9 Å². The van der Waals surface area contributed by atoms with Crippen molar-refractivity contribution in [2.45, 2.75) is 0 Å². The quantitative estimate of drug-likeness (QED) is 0.185. The fourth-order valence-electron chi connectivity index (χ4n) is 6.78. The fourth-order valence-corrected chi connectivity index (χ4v) is 6.78. The summed E-state index contributed by atoms with van der Waals surface area (Å²) in [6.45, 7) is 0. The molecule has 0 atom stereocenters. The first-order chi connectivity index (χ1) is 23.8. The average molecular weight is 614 g/mol. The maximum atomic E-state index is 6.31. The molecule has 0 bridgehead atoms. The highest BCUT2D eigenvalue weighted by Crippen LogP contribution is 2.40. The first-order valence-corrected chi connectivity index (χ1v) is 16.3. The van der Waals surface area contributed by atoms with Crippen molar-refractivity contribution < 1.29 is 4.42 Å². The van der Waals surface area contributed by atoms with Gasteiger partial charge in [0.1, 0.15) is 11.2 Å². The number of nitrogens with zero attached hydrogens (tertiary/aromatic N) is 1. The van der Waals surface area contributed by atoms with Crippen molar-refractivity contribution in [3.63, 3.8) is 0 Å². The van der Waals surface area contributed by atoms with Crippen molar-refractivity contribution >= 4 is 49.8 Å². The van der Waals surface area contributed by atoms with Crippen LogP contribution in [-0.4, -0.2) is 0 Å². The lowest BCUT2D eigenvalue weighted by Gasteiger charge is -2.26. The fraction of sp³-hybridized carbons (Fsp3) is 0. The number of benzene rings is 8. The Kier molecular flexibility index (Phi) is 6.84. The highest BCUT2D eigenvalue weighted by atomic mass is 16.3. The van der Waals surface area contributed by atoms with Crippen LogP contribution in [0.3, 0.4) is 0 Å². The minimum absolute atomic E-state index is 0.877. The summed E-state index contributed by atoms with van der Waals surface area (Å²) in [6.07, 6.45) is 0. The van der Waals surface area contributed by atoms with Crippen LogP contribution in [0.2, 0.25) is 0 Å². The lowest BCUT2D eigenvalue weighted by Crippen LogP contribution is -2.09. The van der Waals surface area contributed by atoms with E-state index in [1.165, 1.54) is 44.2 Å². The summed E-state index contributed by atoms with van der Waals surface area (Å²) in [5.74, 6) is 0.